The Morgan fingerprint density at radius 3 is 3.05 bits per heavy atom. The summed E-state index contributed by atoms with van der Waals surface area (Å²) in [5.41, 5.74) is 1.69. The molecule has 1 saturated heterocycles. The first-order chi connectivity index (χ1) is 10.2. The van der Waals surface area contributed by atoms with E-state index in [0.29, 0.717) is 5.89 Å². The molecule has 0 atom stereocenters. The highest BCUT2D eigenvalue weighted by Crippen LogP contribution is 2.24. The fraction of sp³-hybridized carbons (Fsp3) is 0.467. The van der Waals surface area contributed by atoms with Crippen LogP contribution in [0, 0.1) is 6.92 Å². The molecule has 0 spiro atoms. The summed E-state index contributed by atoms with van der Waals surface area (Å²) in [5, 5.41) is 10.3. The lowest BCUT2D eigenvalue weighted by atomic mass is 10.1. The van der Waals surface area contributed by atoms with Gasteiger partial charge in [0.25, 0.3) is 0 Å². The summed E-state index contributed by atoms with van der Waals surface area (Å²) in [6, 6.07) is 2.25. The summed E-state index contributed by atoms with van der Waals surface area (Å²) in [6.45, 7) is 3.79. The Labute approximate surface area is 127 Å². The van der Waals surface area contributed by atoms with Crippen LogP contribution in [0.4, 0.5) is 0 Å². The van der Waals surface area contributed by atoms with Gasteiger partial charge in [0.1, 0.15) is 5.76 Å². The van der Waals surface area contributed by atoms with Crippen molar-refractivity contribution in [3.8, 4) is 11.5 Å². The second-order valence-corrected chi connectivity index (χ2v) is 6.08. The van der Waals surface area contributed by atoms with E-state index in [1.54, 1.807) is 11.3 Å². The zero-order valence-corrected chi connectivity index (χ0v) is 12.8. The molecule has 3 heterocycles. The Hall–Kier alpha value is -1.66. The molecule has 2 N–H and O–H groups in total. The number of hydrogen-bond donors (Lipinski definition) is 2. The zero-order valence-electron chi connectivity index (χ0n) is 12.0. The van der Waals surface area contributed by atoms with Gasteiger partial charge >= 0.3 is 0 Å². The molecule has 112 valence electrons. The standard InChI is InChI=1S/C15H19N3O2S/c1-10-13(18-15(20-10)11-4-7-21-9-11)8-14(19)17-12-2-5-16-6-3-12/h4,7,9,12,16H,2-3,5-6,8H2,1H3,(H,17,19). The molecule has 0 unspecified atom stereocenters. The van der Waals surface area contributed by atoms with Gasteiger partial charge in [-0.15, -0.1) is 0 Å². The Bertz CT molecular complexity index is 600. The molecule has 5 nitrogen and oxygen atoms in total. The lowest BCUT2D eigenvalue weighted by molar-refractivity contribution is -0.121. The maximum Gasteiger partial charge on any atom is 0.227 e. The van der Waals surface area contributed by atoms with E-state index in [1.165, 1.54) is 0 Å². The number of hydrogen-bond acceptors (Lipinski definition) is 5. The van der Waals surface area contributed by atoms with Crippen LogP contribution in [-0.2, 0) is 11.2 Å². The van der Waals surface area contributed by atoms with Crippen LogP contribution in [0.25, 0.3) is 11.5 Å². The molecule has 3 rings (SSSR count). The van der Waals surface area contributed by atoms with Gasteiger partial charge in [0.05, 0.1) is 12.1 Å². The molecular weight excluding hydrogens is 286 g/mol. The molecular formula is C15H19N3O2S. The number of oxazole rings is 1. The van der Waals surface area contributed by atoms with Crippen LogP contribution in [0.1, 0.15) is 24.3 Å². The molecule has 2 aromatic heterocycles. The Morgan fingerprint density at radius 1 is 1.52 bits per heavy atom. The minimum Gasteiger partial charge on any atom is -0.441 e. The largest absolute Gasteiger partial charge is 0.441 e. The zero-order chi connectivity index (χ0) is 14.7. The second kappa shape index (κ2) is 6.41. The first-order valence-electron chi connectivity index (χ1n) is 7.21. The molecule has 0 aliphatic carbocycles. The third kappa shape index (κ3) is 3.51. The molecule has 2 aromatic rings. The van der Waals surface area contributed by atoms with E-state index in [1.807, 2.05) is 23.8 Å². The van der Waals surface area contributed by atoms with Gasteiger partial charge < -0.3 is 15.1 Å². The van der Waals surface area contributed by atoms with E-state index in [4.69, 9.17) is 4.42 Å². The summed E-state index contributed by atoms with van der Waals surface area (Å²) in [4.78, 5) is 16.6. The lowest BCUT2D eigenvalue weighted by Crippen LogP contribution is -2.43. The lowest BCUT2D eigenvalue weighted by Gasteiger charge is -2.23. The normalized spacial score (nSPS) is 16.0. The molecule has 0 saturated carbocycles. The van der Waals surface area contributed by atoms with Gasteiger partial charge in [-0.2, -0.15) is 11.3 Å². The highest BCUT2D eigenvalue weighted by molar-refractivity contribution is 7.08. The van der Waals surface area contributed by atoms with Crippen molar-refractivity contribution in [3.63, 3.8) is 0 Å². The van der Waals surface area contributed by atoms with Crippen molar-refractivity contribution in [1.82, 2.24) is 15.6 Å². The van der Waals surface area contributed by atoms with Gasteiger partial charge in [-0.25, -0.2) is 4.98 Å². The van der Waals surface area contributed by atoms with Crippen LogP contribution in [0.2, 0.25) is 0 Å². The third-order valence-corrected chi connectivity index (χ3v) is 4.38. The van der Waals surface area contributed by atoms with Crippen molar-refractivity contribution in [3.05, 3.63) is 28.3 Å². The summed E-state index contributed by atoms with van der Waals surface area (Å²) < 4.78 is 5.66. The van der Waals surface area contributed by atoms with Crippen LogP contribution in [0.3, 0.4) is 0 Å². The molecule has 1 aliphatic heterocycles. The highest BCUT2D eigenvalue weighted by atomic mass is 32.1. The topological polar surface area (TPSA) is 67.2 Å². The number of aryl methyl sites for hydroxylation is 1. The number of amides is 1. The van der Waals surface area contributed by atoms with Crippen molar-refractivity contribution in [2.24, 2.45) is 0 Å². The van der Waals surface area contributed by atoms with Gasteiger partial charge in [-0.05, 0) is 44.3 Å². The van der Waals surface area contributed by atoms with E-state index < -0.39 is 0 Å². The van der Waals surface area contributed by atoms with Crippen LogP contribution < -0.4 is 10.6 Å². The number of rotatable bonds is 4. The number of piperidine rings is 1. The smallest absolute Gasteiger partial charge is 0.227 e. The third-order valence-electron chi connectivity index (χ3n) is 3.69. The number of thiophene rings is 1. The number of nitrogens with one attached hydrogen (secondary N) is 2. The molecule has 0 bridgehead atoms. The number of nitrogens with zero attached hydrogens (tertiary/aromatic N) is 1. The van der Waals surface area contributed by atoms with E-state index in [2.05, 4.69) is 15.6 Å². The maximum absolute atomic E-state index is 12.1. The summed E-state index contributed by atoms with van der Waals surface area (Å²) in [7, 11) is 0. The van der Waals surface area contributed by atoms with Gasteiger partial charge in [-0.3, -0.25) is 4.79 Å². The predicted molar refractivity (Wildman–Crippen MR) is 82.3 cm³/mol. The van der Waals surface area contributed by atoms with E-state index in [9.17, 15) is 4.79 Å². The van der Waals surface area contributed by atoms with Crippen LogP contribution in [0.15, 0.2) is 21.2 Å². The van der Waals surface area contributed by atoms with Crippen molar-refractivity contribution in [1.29, 1.82) is 0 Å². The number of aromatic nitrogens is 1. The van der Waals surface area contributed by atoms with Crippen molar-refractivity contribution >= 4 is 17.2 Å². The van der Waals surface area contributed by atoms with Crippen LogP contribution in [0.5, 0.6) is 0 Å². The fourth-order valence-electron chi connectivity index (χ4n) is 2.50. The molecule has 0 aromatic carbocycles. The predicted octanol–water partition coefficient (Wildman–Crippen LogP) is 2.12. The molecule has 0 radical (unpaired) electrons. The fourth-order valence-corrected chi connectivity index (χ4v) is 3.13. The minimum absolute atomic E-state index is 0.0233. The second-order valence-electron chi connectivity index (χ2n) is 5.30. The molecule has 21 heavy (non-hydrogen) atoms. The van der Waals surface area contributed by atoms with E-state index >= 15 is 0 Å². The first-order valence-corrected chi connectivity index (χ1v) is 8.15. The van der Waals surface area contributed by atoms with Crippen molar-refractivity contribution < 1.29 is 9.21 Å². The molecule has 1 fully saturated rings. The SMILES string of the molecule is Cc1oc(-c2ccsc2)nc1CC(=O)NC1CCNCC1. The maximum atomic E-state index is 12.1. The molecule has 6 heteroatoms. The monoisotopic (exact) mass is 305 g/mol. The van der Waals surface area contributed by atoms with Crippen LogP contribution in [-0.4, -0.2) is 30.0 Å². The van der Waals surface area contributed by atoms with Gasteiger partial charge in [-0.1, -0.05) is 0 Å². The highest BCUT2D eigenvalue weighted by Gasteiger charge is 2.18. The van der Waals surface area contributed by atoms with Gasteiger partial charge in [0.15, 0.2) is 0 Å². The van der Waals surface area contributed by atoms with E-state index in [-0.39, 0.29) is 18.4 Å². The summed E-state index contributed by atoms with van der Waals surface area (Å²) in [5.74, 6) is 1.34. The Morgan fingerprint density at radius 2 is 2.33 bits per heavy atom. The van der Waals surface area contributed by atoms with Crippen molar-refractivity contribution in [2.45, 2.75) is 32.2 Å². The number of carbonyl (C=O) groups excluding carboxylic acids is 1. The van der Waals surface area contributed by atoms with Crippen LogP contribution >= 0.6 is 11.3 Å². The minimum atomic E-state index is 0.0233. The molecule has 1 amide bonds. The van der Waals surface area contributed by atoms with Crippen molar-refractivity contribution in [2.75, 3.05) is 13.1 Å². The Balaban J connectivity index is 1.63. The van der Waals surface area contributed by atoms with Gasteiger partial charge in [0, 0.05) is 17.0 Å². The molecule has 1 aliphatic rings. The van der Waals surface area contributed by atoms with E-state index in [0.717, 1.165) is 42.9 Å². The average molecular weight is 305 g/mol. The average Bonchev–Trinajstić information content (AvgIpc) is 3.10. The van der Waals surface area contributed by atoms with Gasteiger partial charge in [0.2, 0.25) is 11.8 Å². The first kappa shape index (κ1) is 14.3. The Kier molecular flexibility index (Phi) is 4.36. The summed E-state index contributed by atoms with van der Waals surface area (Å²) in [6.07, 6.45) is 2.26. The summed E-state index contributed by atoms with van der Waals surface area (Å²) >= 11 is 1.60. The number of carbonyl (C=O) groups is 1. The quantitative estimate of drug-likeness (QED) is 0.908.